The molecule has 0 bridgehead atoms. The summed E-state index contributed by atoms with van der Waals surface area (Å²) in [6.45, 7) is 2.09. The van der Waals surface area contributed by atoms with Crippen molar-refractivity contribution in [2.75, 3.05) is 44.2 Å². The molecule has 0 N–H and O–H groups in total. The van der Waals surface area contributed by atoms with Gasteiger partial charge in [-0.1, -0.05) is 22.0 Å². The highest BCUT2D eigenvalue weighted by atomic mass is 79.9. The van der Waals surface area contributed by atoms with Crippen LogP contribution >= 0.6 is 15.9 Å². The van der Waals surface area contributed by atoms with Crippen molar-refractivity contribution >= 4 is 37.5 Å². The fourth-order valence-corrected chi connectivity index (χ4v) is 6.23. The summed E-state index contributed by atoms with van der Waals surface area (Å²) in [5.74, 6) is -0.529. The van der Waals surface area contributed by atoms with Crippen molar-refractivity contribution in [3.05, 3.63) is 58.6 Å². The van der Waals surface area contributed by atoms with Crippen molar-refractivity contribution in [3.63, 3.8) is 0 Å². The molecule has 2 aromatic carbocycles. The number of halogens is 4. The molecule has 0 unspecified atom stereocenters. The number of piperidine rings is 1. The van der Waals surface area contributed by atoms with E-state index in [9.17, 15) is 26.4 Å². The average Bonchev–Trinajstić information content (AvgIpc) is 2.83. The van der Waals surface area contributed by atoms with E-state index in [0.717, 1.165) is 16.6 Å². The minimum atomic E-state index is -4.41. The van der Waals surface area contributed by atoms with Gasteiger partial charge in [-0.05, 0) is 55.3 Å². The fourth-order valence-electron chi connectivity index (χ4n) is 4.44. The van der Waals surface area contributed by atoms with Crippen LogP contribution in [0.2, 0.25) is 0 Å². The zero-order valence-corrected chi connectivity index (χ0v) is 20.7. The fraction of sp³-hybridized carbons (Fsp3) is 0.435. The van der Waals surface area contributed by atoms with Gasteiger partial charge in [-0.25, -0.2) is 8.42 Å². The second-order valence-corrected chi connectivity index (χ2v) is 11.4. The van der Waals surface area contributed by atoms with Crippen molar-refractivity contribution < 1.29 is 26.4 Å². The summed E-state index contributed by atoms with van der Waals surface area (Å²) >= 11 is 3.30. The molecule has 2 aliphatic rings. The molecule has 0 saturated carbocycles. The predicted molar refractivity (Wildman–Crippen MR) is 126 cm³/mol. The molecule has 0 radical (unpaired) electrons. The van der Waals surface area contributed by atoms with E-state index < -0.39 is 27.7 Å². The van der Waals surface area contributed by atoms with Crippen LogP contribution in [-0.2, 0) is 21.0 Å². The first-order valence-electron chi connectivity index (χ1n) is 11.0. The van der Waals surface area contributed by atoms with Crippen LogP contribution in [-0.4, -0.2) is 62.8 Å². The van der Waals surface area contributed by atoms with Gasteiger partial charge in [-0.2, -0.15) is 17.5 Å². The lowest BCUT2D eigenvalue weighted by Gasteiger charge is -2.39. The van der Waals surface area contributed by atoms with Gasteiger partial charge in [0.05, 0.1) is 16.4 Å². The molecular formula is C23H25BrF3N3O3S. The Labute approximate surface area is 205 Å². The van der Waals surface area contributed by atoms with Crippen LogP contribution in [0.15, 0.2) is 57.9 Å². The Bertz CT molecular complexity index is 1130. The molecule has 1 amide bonds. The third kappa shape index (κ3) is 5.41. The molecule has 2 heterocycles. The minimum Gasteiger partial charge on any atom is -0.368 e. The summed E-state index contributed by atoms with van der Waals surface area (Å²) in [5.41, 5.74) is -0.218. The Hall–Kier alpha value is -2.11. The first-order valence-corrected chi connectivity index (χ1v) is 13.3. The highest BCUT2D eigenvalue weighted by Gasteiger charge is 2.36. The zero-order valence-electron chi connectivity index (χ0n) is 18.3. The smallest absolute Gasteiger partial charge is 0.368 e. The van der Waals surface area contributed by atoms with E-state index in [-0.39, 0.29) is 17.3 Å². The number of carbonyl (C=O) groups excluding carboxylic acids is 1. The van der Waals surface area contributed by atoms with Crippen LogP contribution in [0, 0.1) is 5.92 Å². The number of nitrogens with zero attached hydrogens (tertiary/aromatic N) is 3. The number of amides is 1. The minimum absolute atomic E-state index is 0.0978. The number of rotatable bonds is 4. The number of hydrogen-bond acceptors (Lipinski definition) is 4. The Kier molecular flexibility index (Phi) is 7.25. The SMILES string of the molecule is O=C([C@H]1CCCN(S(=O)(=O)c2ccc(Br)cc2)C1)N1CCN(c2cccc(C(F)(F)F)c2)CC1. The second-order valence-electron chi connectivity index (χ2n) is 8.52. The van der Waals surface area contributed by atoms with Crippen molar-refractivity contribution in [1.82, 2.24) is 9.21 Å². The molecule has 1 atom stereocenters. The van der Waals surface area contributed by atoms with Crippen LogP contribution in [0.5, 0.6) is 0 Å². The lowest BCUT2D eigenvalue weighted by Crippen LogP contribution is -2.53. The monoisotopic (exact) mass is 559 g/mol. The summed E-state index contributed by atoms with van der Waals surface area (Å²) in [6.07, 6.45) is -3.20. The number of alkyl halides is 3. The third-order valence-electron chi connectivity index (χ3n) is 6.31. The van der Waals surface area contributed by atoms with Gasteiger partial charge in [-0.15, -0.1) is 0 Å². The van der Waals surface area contributed by atoms with E-state index in [4.69, 9.17) is 0 Å². The van der Waals surface area contributed by atoms with E-state index in [1.54, 1.807) is 23.1 Å². The average molecular weight is 560 g/mol. The van der Waals surface area contributed by atoms with Gasteiger partial charge in [0.1, 0.15) is 0 Å². The molecule has 11 heteroatoms. The van der Waals surface area contributed by atoms with E-state index in [2.05, 4.69) is 15.9 Å². The van der Waals surface area contributed by atoms with Gasteiger partial charge in [0.15, 0.2) is 0 Å². The van der Waals surface area contributed by atoms with Crippen molar-refractivity contribution in [2.24, 2.45) is 5.92 Å². The Balaban J connectivity index is 1.38. The van der Waals surface area contributed by atoms with Crippen molar-refractivity contribution in [2.45, 2.75) is 23.9 Å². The molecule has 0 aromatic heterocycles. The highest BCUT2D eigenvalue weighted by Crippen LogP contribution is 2.32. The number of sulfonamides is 1. The molecule has 184 valence electrons. The molecule has 34 heavy (non-hydrogen) atoms. The predicted octanol–water partition coefficient (Wildman–Crippen LogP) is 4.22. The summed E-state index contributed by atoms with van der Waals surface area (Å²) in [5, 5.41) is 0. The van der Waals surface area contributed by atoms with E-state index >= 15 is 0 Å². The lowest BCUT2D eigenvalue weighted by molar-refractivity contribution is -0.137. The molecule has 2 aromatic rings. The number of benzene rings is 2. The Morgan fingerprint density at radius 2 is 1.65 bits per heavy atom. The van der Waals surface area contributed by atoms with Crippen LogP contribution in [0.3, 0.4) is 0 Å². The topological polar surface area (TPSA) is 60.9 Å². The molecular weight excluding hydrogens is 535 g/mol. The zero-order chi connectivity index (χ0) is 24.5. The van der Waals surface area contributed by atoms with Gasteiger partial charge >= 0.3 is 6.18 Å². The van der Waals surface area contributed by atoms with Crippen LogP contribution in [0.1, 0.15) is 18.4 Å². The molecule has 2 fully saturated rings. The number of carbonyl (C=O) groups is 1. The molecule has 6 nitrogen and oxygen atoms in total. The maximum atomic E-state index is 13.2. The van der Waals surface area contributed by atoms with Gasteiger partial charge < -0.3 is 9.80 Å². The Morgan fingerprint density at radius 1 is 0.971 bits per heavy atom. The first kappa shape index (κ1) is 25.0. The first-order chi connectivity index (χ1) is 16.1. The molecule has 4 rings (SSSR count). The molecule has 0 spiro atoms. The second kappa shape index (κ2) is 9.87. The quantitative estimate of drug-likeness (QED) is 0.562. The largest absolute Gasteiger partial charge is 0.416 e. The third-order valence-corrected chi connectivity index (χ3v) is 8.72. The highest BCUT2D eigenvalue weighted by molar-refractivity contribution is 9.10. The normalized spacial score (nSPS) is 20.4. The summed E-state index contributed by atoms with van der Waals surface area (Å²) < 4.78 is 67.3. The van der Waals surface area contributed by atoms with Crippen LogP contribution < -0.4 is 4.90 Å². The maximum absolute atomic E-state index is 13.2. The number of hydrogen-bond donors (Lipinski definition) is 0. The van der Waals surface area contributed by atoms with Crippen LogP contribution in [0.4, 0.5) is 18.9 Å². The van der Waals surface area contributed by atoms with E-state index in [1.165, 1.54) is 22.5 Å². The standard InChI is InChI=1S/C23H25BrF3N3O3S/c24-19-6-8-21(9-7-19)34(32,33)30-10-2-3-17(16-30)22(31)29-13-11-28(12-14-29)20-5-1-4-18(15-20)23(25,26)27/h1,4-9,15,17H,2-3,10-14,16H2/t17-/m0/s1. The van der Waals surface area contributed by atoms with E-state index in [1.807, 2.05) is 4.90 Å². The Morgan fingerprint density at radius 3 is 2.29 bits per heavy atom. The van der Waals surface area contributed by atoms with Gasteiger partial charge in [0.2, 0.25) is 15.9 Å². The summed E-state index contributed by atoms with van der Waals surface area (Å²) in [4.78, 5) is 16.9. The van der Waals surface area contributed by atoms with Gasteiger partial charge in [0.25, 0.3) is 0 Å². The van der Waals surface area contributed by atoms with Crippen molar-refractivity contribution in [3.8, 4) is 0 Å². The number of piperazine rings is 1. The molecule has 2 saturated heterocycles. The van der Waals surface area contributed by atoms with Crippen LogP contribution in [0.25, 0.3) is 0 Å². The van der Waals surface area contributed by atoms with Gasteiger partial charge in [0, 0.05) is 49.4 Å². The lowest BCUT2D eigenvalue weighted by atomic mass is 9.97. The maximum Gasteiger partial charge on any atom is 0.416 e. The summed E-state index contributed by atoms with van der Waals surface area (Å²) in [7, 11) is -3.70. The number of anilines is 1. The van der Waals surface area contributed by atoms with Gasteiger partial charge in [-0.3, -0.25) is 4.79 Å². The summed E-state index contributed by atoms with van der Waals surface area (Å²) in [6, 6.07) is 11.6. The van der Waals surface area contributed by atoms with E-state index in [0.29, 0.717) is 51.3 Å². The molecule has 0 aliphatic carbocycles. The molecule has 2 aliphatic heterocycles. The van der Waals surface area contributed by atoms with Crippen molar-refractivity contribution in [1.29, 1.82) is 0 Å².